The molecule has 2 aromatic rings. The molecule has 0 N–H and O–H groups in total. The third-order valence-corrected chi connectivity index (χ3v) is 4.78. The van der Waals surface area contributed by atoms with Crippen LogP contribution in [-0.2, 0) is 32.5 Å². The Labute approximate surface area is 179 Å². The molecule has 0 fully saturated rings. The van der Waals surface area contributed by atoms with Gasteiger partial charge in [0.25, 0.3) is 0 Å². The molecular formula is C24H35NO5. The van der Waals surface area contributed by atoms with Crippen molar-refractivity contribution in [3.8, 4) is 5.75 Å². The zero-order valence-electron chi connectivity index (χ0n) is 19.3. The van der Waals surface area contributed by atoms with E-state index in [9.17, 15) is 4.79 Å². The fraction of sp³-hybridized carbons (Fsp3) is 0.583. The molecule has 1 heterocycles. The van der Waals surface area contributed by atoms with Crippen LogP contribution in [0.4, 0.5) is 0 Å². The van der Waals surface area contributed by atoms with Gasteiger partial charge in [0, 0.05) is 24.9 Å². The Morgan fingerprint density at radius 1 is 1.17 bits per heavy atom. The summed E-state index contributed by atoms with van der Waals surface area (Å²) in [5.41, 5.74) is 2.91. The summed E-state index contributed by atoms with van der Waals surface area (Å²) in [6, 6.07) is 5.89. The summed E-state index contributed by atoms with van der Waals surface area (Å²) >= 11 is 0. The highest BCUT2D eigenvalue weighted by Gasteiger charge is 2.23. The first-order valence-electron chi connectivity index (χ1n) is 10.6. The summed E-state index contributed by atoms with van der Waals surface area (Å²) in [5, 5.41) is 0. The summed E-state index contributed by atoms with van der Waals surface area (Å²) in [6.45, 7) is 15.2. The number of rotatable bonds is 10. The maximum absolute atomic E-state index is 12.1. The van der Waals surface area contributed by atoms with Crippen molar-refractivity contribution in [1.29, 1.82) is 0 Å². The molecule has 0 spiro atoms. The highest BCUT2D eigenvalue weighted by atomic mass is 16.6. The van der Waals surface area contributed by atoms with E-state index in [0.717, 1.165) is 34.2 Å². The lowest BCUT2D eigenvalue weighted by atomic mass is 9.97. The summed E-state index contributed by atoms with van der Waals surface area (Å²) in [6.07, 6.45) is 0.570. The molecule has 1 unspecified atom stereocenters. The molecule has 0 saturated heterocycles. The number of aromatic nitrogens is 1. The zero-order chi connectivity index (χ0) is 22.3. The van der Waals surface area contributed by atoms with Gasteiger partial charge in [-0.2, -0.15) is 0 Å². The Morgan fingerprint density at radius 3 is 2.47 bits per heavy atom. The van der Waals surface area contributed by atoms with E-state index in [2.05, 4.69) is 25.8 Å². The van der Waals surface area contributed by atoms with Gasteiger partial charge in [-0.05, 0) is 51.0 Å². The predicted molar refractivity (Wildman–Crippen MR) is 116 cm³/mol. The number of carbonyl (C=O) groups excluding carboxylic acids is 1. The molecule has 6 heteroatoms. The minimum absolute atomic E-state index is 0.111. The molecule has 1 aromatic heterocycles. The largest absolute Gasteiger partial charge is 0.493 e. The molecule has 0 amide bonds. The van der Waals surface area contributed by atoms with Crippen molar-refractivity contribution in [3.05, 3.63) is 46.7 Å². The number of hydrogen-bond donors (Lipinski definition) is 0. The van der Waals surface area contributed by atoms with Crippen molar-refractivity contribution < 1.29 is 23.4 Å². The molecule has 1 aromatic carbocycles. The summed E-state index contributed by atoms with van der Waals surface area (Å²) < 4.78 is 22.4. The SMILES string of the molecule is CCOC(=O)C(Cc1ccc(OCCc2nc(C(C)(C)C)oc2C)cc1C)OCC. The van der Waals surface area contributed by atoms with Crippen LogP contribution in [0, 0.1) is 13.8 Å². The Kier molecular flexibility index (Phi) is 8.47. The van der Waals surface area contributed by atoms with Crippen molar-refractivity contribution in [1.82, 2.24) is 4.98 Å². The smallest absolute Gasteiger partial charge is 0.335 e. The van der Waals surface area contributed by atoms with Crippen LogP contribution in [0.1, 0.15) is 63.1 Å². The van der Waals surface area contributed by atoms with Gasteiger partial charge < -0.3 is 18.6 Å². The van der Waals surface area contributed by atoms with E-state index < -0.39 is 6.10 Å². The van der Waals surface area contributed by atoms with Crippen molar-refractivity contribution in [2.45, 2.75) is 72.8 Å². The normalized spacial score (nSPS) is 12.6. The summed E-state index contributed by atoms with van der Waals surface area (Å²) in [5.74, 6) is 2.06. The summed E-state index contributed by atoms with van der Waals surface area (Å²) in [4.78, 5) is 16.7. The molecule has 0 aliphatic heterocycles. The molecule has 0 aliphatic carbocycles. The first-order chi connectivity index (χ1) is 14.2. The molecular weight excluding hydrogens is 382 g/mol. The van der Waals surface area contributed by atoms with Crippen LogP contribution in [0.3, 0.4) is 0 Å². The van der Waals surface area contributed by atoms with Gasteiger partial charge in [0.15, 0.2) is 12.0 Å². The van der Waals surface area contributed by atoms with Crippen LogP contribution in [0.5, 0.6) is 5.75 Å². The van der Waals surface area contributed by atoms with Crippen molar-refractivity contribution in [2.24, 2.45) is 0 Å². The summed E-state index contributed by atoms with van der Waals surface area (Å²) in [7, 11) is 0. The number of ether oxygens (including phenoxy) is 3. The topological polar surface area (TPSA) is 70.8 Å². The number of oxazole rings is 1. The van der Waals surface area contributed by atoms with E-state index in [1.165, 1.54) is 0 Å². The second-order valence-electron chi connectivity index (χ2n) is 8.36. The van der Waals surface area contributed by atoms with Crippen LogP contribution < -0.4 is 4.74 Å². The Bertz CT molecular complexity index is 835. The lowest BCUT2D eigenvalue weighted by Gasteiger charge is -2.17. The van der Waals surface area contributed by atoms with Crippen molar-refractivity contribution >= 4 is 5.97 Å². The lowest BCUT2D eigenvalue weighted by molar-refractivity contribution is -0.156. The number of aryl methyl sites for hydroxylation is 2. The van der Waals surface area contributed by atoms with Gasteiger partial charge in [0.05, 0.1) is 18.9 Å². The minimum atomic E-state index is -0.590. The first-order valence-corrected chi connectivity index (χ1v) is 10.6. The van der Waals surface area contributed by atoms with E-state index in [1.807, 2.05) is 39.0 Å². The Hall–Kier alpha value is -2.34. The molecule has 0 saturated carbocycles. The van der Waals surface area contributed by atoms with Crippen LogP contribution in [0.2, 0.25) is 0 Å². The van der Waals surface area contributed by atoms with Crippen molar-refractivity contribution in [2.75, 3.05) is 19.8 Å². The molecule has 6 nitrogen and oxygen atoms in total. The van der Waals surface area contributed by atoms with Crippen molar-refractivity contribution in [3.63, 3.8) is 0 Å². The zero-order valence-corrected chi connectivity index (χ0v) is 19.3. The highest BCUT2D eigenvalue weighted by molar-refractivity contribution is 5.75. The van der Waals surface area contributed by atoms with Crippen LogP contribution in [0.25, 0.3) is 0 Å². The van der Waals surface area contributed by atoms with Crippen LogP contribution in [-0.4, -0.2) is 36.9 Å². The quantitative estimate of drug-likeness (QED) is 0.521. The van der Waals surface area contributed by atoms with Gasteiger partial charge in [0.2, 0.25) is 0 Å². The third-order valence-electron chi connectivity index (χ3n) is 4.78. The standard InChI is InChI=1S/C24H35NO5/c1-8-27-21(22(26)28-9-2)15-18-10-11-19(14-16(18)3)29-13-12-20-17(4)30-23(25-20)24(5,6)7/h10-11,14,21H,8-9,12-13,15H2,1-7H3. The van der Waals surface area contributed by atoms with Gasteiger partial charge in [-0.25, -0.2) is 9.78 Å². The van der Waals surface area contributed by atoms with Gasteiger partial charge in [0.1, 0.15) is 11.5 Å². The third kappa shape index (κ3) is 6.59. The van der Waals surface area contributed by atoms with Gasteiger partial charge in [-0.1, -0.05) is 26.8 Å². The van der Waals surface area contributed by atoms with E-state index in [1.54, 1.807) is 6.92 Å². The minimum Gasteiger partial charge on any atom is -0.493 e. The maximum Gasteiger partial charge on any atom is 0.335 e. The predicted octanol–water partition coefficient (Wildman–Crippen LogP) is 4.72. The number of carbonyl (C=O) groups is 1. The maximum atomic E-state index is 12.1. The molecule has 166 valence electrons. The molecule has 0 bridgehead atoms. The molecule has 2 rings (SSSR count). The second kappa shape index (κ2) is 10.6. The van der Waals surface area contributed by atoms with E-state index in [0.29, 0.717) is 32.7 Å². The van der Waals surface area contributed by atoms with Crippen LogP contribution in [0.15, 0.2) is 22.6 Å². The number of benzene rings is 1. The Balaban J connectivity index is 1.97. The second-order valence-corrected chi connectivity index (χ2v) is 8.36. The average molecular weight is 418 g/mol. The average Bonchev–Trinajstić information content (AvgIpc) is 3.04. The van der Waals surface area contributed by atoms with Gasteiger partial charge in [-0.3, -0.25) is 0 Å². The van der Waals surface area contributed by atoms with E-state index in [4.69, 9.17) is 18.6 Å². The lowest BCUT2D eigenvalue weighted by Crippen LogP contribution is -2.29. The molecule has 30 heavy (non-hydrogen) atoms. The van der Waals surface area contributed by atoms with E-state index in [-0.39, 0.29) is 11.4 Å². The fourth-order valence-electron chi connectivity index (χ4n) is 3.08. The van der Waals surface area contributed by atoms with Gasteiger partial charge in [-0.15, -0.1) is 0 Å². The van der Waals surface area contributed by atoms with Crippen LogP contribution >= 0.6 is 0 Å². The highest BCUT2D eigenvalue weighted by Crippen LogP contribution is 2.24. The number of esters is 1. The van der Waals surface area contributed by atoms with Gasteiger partial charge >= 0.3 is 5.97 Å². The molecule has 1 atom stereocenters. The number of nitrogens with zero attached hydrogens (tertiary/aromatic N) is 1. The molecule has 0 aliphatic rings. The fourth-order valence-corrected chi connectivity index (χ4v) is 3.08. The number of hydrogen-bond acceptors (Lipinski definition) is 6. The monoisotopic (exact) mass is 417 g/mol. The Morgan fingerprint density at radius 2 is 1.90 bits per heavy atom. The van der Waals surface area contributed by atoms with E-state index >= 15 is 0 Å². The molecule has 0 radical (unpaired) electrons. The first kappa shape index (κ1) is 23.9.